The van der Waals surface area contributed by atoms with Gasteiger partial charge in [-0.2, -0.15) is 0 Å². The van der Waals surface area contributed by atoms with Crippen molar-refractivity contribution in [2.75, 3.05) is 18.4 Å². The number of benzene rings is 1. The molecule has 3 aliphatic carbocycles. The highest BCUT2D eigenvalue weighted by molar-refractivity contribution is 5.98. The van der Waals surface area contributed by atoms with Gasteiger partial charge in [0.15, 0.2) is 5.69 Å². The fourth-order valence-electron chi connectivity index (χ4n) is 8.12. The lowest BCUT2D eigenvalue weighted by Crippen LogP contribution is -2.51. The molecule has 1 aromatic carbocycles. The zero-order valence-electron chi connectivity index (χ0n) is 22.1. The van der Waals surface area contributed by atoms with Gasteiger partial charge >= 0.3 is 0 Å². The van der Waals surface area contributed by atoms with E-state index in [1.54, 1.807) is 12.1 Å². The van der Waals surface area contributed by atoms with Crippen LogP contribution in [0.15, 0.2) is 42.7 Å². The minimum Gasteiger partial charge on any atom is -0.507 e. The Balaban J connectivity index is 1.09. The molecule has 5 atom stereocenters. The zero-order chi connectivity index (χ0) is 26.6. The highest BCUT2D eigenvalue weighted by Crippen LogP contribution is 2.66. The third kappa shape index (κ3) is 4.23. The van der Waals surface area contributed by atoms with Gasteiger partial charge in [-0.1, -0.05) is 12.1 Å². The maximum absolute atomic E-state index is 10.3. The molecule has 39 heavy (non-hydrogen) atoms. The number of nitrogens with two attached hydrogens (primary N) is 1. The van der Waals surface area contributed by atoms with E-state index in [0.29, 0.717) is 46.3 Å². The van der Waals surface area contributed by atoms with Gasteiger partial charge in [-0.25, -0.2) is 9.97 Å². The first-order valence-electron chi connectivity index (χ1n) is 14.3. The van der Waals surface area contributed by atoms with Crippen molar-refractivity contribution in [1.29, 1.82) is 5.41 Å². The third-order valence-corrected chi connectivity index (χ3v) is 9.87. The molecule has 3 heterocycles. The molecule has 4 aliphatic rings. The molecule has 7 rings (SSSR count). The van der Waals surface area contributed by atoms with E-state index in [0.717, 1.165) is 44.6 Å². The van der Waals surface area contributed by atoms with Crippen molar-refractivity contribution in [1.82, 2.24) is 25.5 Å². The Morgan fingerprint density at radius 3 is 2.62 bits per heavy atom. The molecular formula is C30H36N8O. The first-order chi connectivity index (χ1) is 19.0. The van der Waals surface area contributed by atoms with Gasteiger partial charge in [-0.15, -0.1) is 10.2 Å². The number of rotatable bonds is 6. The first kappa shape index (κ1) is 24.5. The minimum atomic E-state index is -0.114. The summed E-state index contributed by atoms with van der Waals surface area (Å²) < 4.78 is 0. The Morgan fingerprint density at radius 1 is 1.05 bits per heavy atom. The van der Waals surface area contributed by atoms with E-state index >= 15 is 0 Å². The van der Waals surface area contributed by atoms with Crippen LogP contribution >= 0.6 is 0 Å². The standard InChI is InChI=1S/C30H36N8O/c31-28(32)27-25(12-24(37-38-27)22-3-1-2-4-26(22)39)36-21-9-17-10-23-19(11-21)14-30(23,13-17)29-34-15-20(16-35-29)18-5-7-33-8-6-18/h1-4,12,15-19,21,23,33,39H,5-11,13-14H2,(H3,31,32)(H,36,37). The summed E-state index contributed by atoms with van der Waals surface area (Å²) in [5, 5.41) is 34.0. The average molecular weight is 525 g/mol. The lowest BCUT2D eigenvalue weighted by Gasteiger charge is -2.52. The van der Waals surface area contributed by atoms with Gasteiger partial charge < -0.3 is 21.5 Å². The molecule has 1 aliphatic heterocycles. The number of hydrogen-bond acceptors (Lipinski definition) is 8. The number of fused-ring (bicyclic) bond motifs is 1. The Labute approximate surface area is 228 Å². The molecule has 2 aromatic heterocycles. The van der Waals surface area contributed by atoms with Crippen LogP contribution in [-0.2, 0) is 5.41 Å². The number of nitrogens with zero attached hydrogens (tertiary/aromatic N) is 4. The van der Waals surface area contributed by atoms with Crippen LogP contribution in [0, 0.1) is 23.2 Å². The van der Waals surface area contributed by atoms with Gasteiger partial charge in [0.25, 0.3) is 0 Å². The monoisotopic (exact) mass is 524 g/mol. The Morgan fingerprint density at radius 2 is 1.85 bits per heavy atom. The molecule has 2 bridgehead atoms. The second kappa shape index (κ2) is 9.55. The Hall–Kier alpha value is -3.59. The molecule has 0 spiro atoms. The largest absolute Gasteiger partial charge is 0.507 e. The Kier molecular flexibility index (Phi) is 5.99. The van der Waals surface area contributed by atoms with Gasteiger partial charge in [0.05, 0.1) is 11.4 Å². The molecular weight excluding hydrogens is 488 g/mol. The fraction of sp³-hybridized carbons (Fsp3) is 0.500. The molecule has 202 valence electrons. The van der Waals surface area contributed by atoms with E-state index in [2.05, 4.69) is 33.2 Å². The summed E-state index contributed by atoms with van der Waals surface area (Å²) in [6.45, 7) is 2.16. The lowest BCUT2D eigenvalue weighted by atomic mass is 9.53. The number of hydrogen-bond donors (Lipinski definition) is 5. The van der Waals surface area contributed by atoms with Crippen molar-refractivity contribution in [3.05, 3.63) is 59.8 Å². The normalized spacial score (nSPS) is 29.8. The number of phenols is 1. The number of phenolic OH excluding ortho intramolecular Hbond substituents is 1. The van der Waals surface area contributed by atoms with Crippen molar-refractivity contribution in [2.45, 2.75) is 62.3 Å². The average Bonchev–Trinajstić information content (AvgIpc) is 3.15. The molecule has 0 amide bonds. The van der Waals surface area contributed by atoms with Crippen LogP contribution < -0.4 is 16.4 Å². The highest BCUT2D eigenvalue weighted by Gasteiger charge is 2.63. The summed E-state index contributed by atoms with van der Waals surface area (Å²) in [4.78, 5) is 9.96. The number of para-hydroxylation sites is 1. The summed E-state index contributed by atoms with van der Waals surface area (Å²) >= 11 is 0. The first-order valence-corrected chi connectivity index (χ1v) is 14.3. The van der Waals surface area contributed by atoms with Crippen molar-refractivity contribution in [3.8, 4) is 17.0 Å². The number of aromatic hydroxyl groups is 1. The number of anilines is 1. The maximum atomic E-state index is 10.3. The van der Waals surface area contributed by atoms with Crippen molar-refractivity contribution >= 4 is 11.5 Å². The van der Waals surface area contributed by atoms with Crippen LogP contribution in [0.1, 0.15) is 67.9 Å². The van der Waals surface area contributed by atoms with E-state index in [1.165, 1.54) is 24.8 Å². The predicted octanol–water partition coefficient (Wildman–Crippen LogP) is 3.95. The van der Waals surface area contributed by atoms with E-state index in [9.17, 15) is 5.11 Å². The second-order valence-corrected chi connectivity index (χ2v) is 12.1. The fourth-order valence-corrected chi connectivity index (χ4v) is 8.12. The van der Waals surface area contributed by atoms with E-state index in [-0.39, 0.29) is 23.0 Å². The van der Waals surface area contributed by atoms with Crippen LogP contribution in [0.4, 0.5) is 5.69 Å². The summed E-state index contributed by atoms with van der Waals surface area (Å²) in [6, 6.07) is 9.23. The van der Waals surface area contributed by atoms with E-state index in [4.69, 9.17) is 21.1 Å². The summed E-state index contributed by atoms with van der Waals surface area (Å²) in [5.41, 5.74) is 9.56. The number of amidine groups is 1. The van der Waals surface area contributed by atoms with Crippen LogP contribution in [0.25, 0.3) is 11.3 Å². The third-order valence-electron chi connectivity index (χ3n) is 9.87. The molecule has 0 radical (unpaired) electrons. The molecule has 6 N–H and O–H groups in total. The van der Waals surface area contributed by atoms with Crippen molar-refractivity contribution < 1.29 is 5.11 Å². The smallest absolute Gasteiger partial charge is 0.150 e. The molecule has 3 saturated carbocycles. The van der Waals surface area contributed by atoms with Gasteiger partial charge in [-0.05, 0) is 105 Å². The summed E-state index contributed by atoms with van der Waals surface area (Å²) in [5.74, 6) is 3.57. The highest BCUT2D eigenvalue weighted by atomic mass is 16.3. The Bertz CT molecular complexity index is 1380. The summed E-state index contributed by atoms with van der Waals surface area (Å²) in [6.07, 6.45) is 12.2. The van der Waals surface area contributed by atoms with Gasteiger partial charge in [0.2, 0.25) is 0 Å². The second-order valence-electron chi connectivity index (χ2n) is 12.1. The molecule has 3 aromatic rings. The van der Waals surface area contributed by atoms with Crippen LogP contribution in [0.3, 0.4) is 0 Å². The lowest BCUT2D eigenvalue weighted by molar-refractivity contribution is 0.0400. The van der Waals surface area contributed by atoms with E-state index in [1.807, 2.05) is 18.2 Å². The summed E-state index contributed by atoms with van der Waals surface area (Å²) in [7, 11) is 0. The molecule has 5 unspecified atom stereocenters. The number of aromatic nitrogens is 4. The van der Waals surface area contributed by atoms with Gasteiger partial charge in [0, 0.05) is 29.4 Å². The number of nitrogens with one attached hydrogen (secondary N) is 3. The predicted molar refractivity (Wildman–Crippen MR) is 150 cm³/mol. The SMILES string of the molecule is N=C(N)c1nnc(-c2ccccc2O)cc1NC1CC2CC3C(C1)CC3(c1ncc(C3CCNCC3)cn1)C2. The van der Waals surface area contributed by atoms with Crippen LogP contribution in [-0.4, -0.2) is 50.2 Å². The number of nitrogen functional groups attached to an aromatic ring is 1. The topological polar surface area (TPSA) is 146 Å². The molecule has 1 saturated heterocycles. The minimum absolute atomic E-state index is 0.114. The van der Waals surface area contributed by atoms with Crippen molar-refractivity contribution in [2.24, 2.45) is 23.5 Å². The molecule has 9 nitrogen and oxygen atoms in total. The van der Waals surface area contributed by atoms with Crippen LogP contribution in [0.2, 0.25) is 0 Å². The maximum Gasteiger partial charge on any atom is 0.150 e. The molecule has 9 heteroatoms. The zero-order valence-corrected chi connectivity index (χ0v) is 22.1. The van der Waals surface area contributed by atoms with Gasteiger partial charge in [-0.3, -0.25) is 5.41 Å². The molecule has 4 fully saturated rings. The van der Waals surface area contributed by atoms with Gasteiger partial charge in [0.1, 0.15) is 17.4 Å². The van der Waals surface area contributed by atoms with Crippen LogP contribution in [0.5, 0.6) is 5.75 Å². The van der Waals surface area contributed by atoms with Crippen molar-refractivity contribution in [3.63, 3.8) is 0 Å². The van der Waals surface area contributed by atoms with E-state index < -0.39 is 0 Å². The quantitative estimate of drug-likeness (QED) is 0.241. The number of piperidine rings is 1.